The molecule has 0 bridgehead atoms. The molecule has 146 valence electrons. The summed E-state index contributed by atoms with van der Waals surface area (Å²) < 4.78 is 5.73. The Labute approximate surface area is 152 Å². The molecule has 0 unspecified atom stereocenters. The Kier molecular flexibility index (Phi) is 13.1. The number of nitrogens with one attached hydrogen (secondary N) is 1. The fraction of sp³-hybridized carbons (Fsp3) is 0.900. The van der Waals surface area contributed by atoms with Crippen molar-refractivity contribution in [1.82, 2.24) is 5.32 Å². The van der Waals surface area contributed by atoms with Crippen molar-refractivity contribution in [2.75, 3.05) is 6.54 Å². The molecule has 0 aromatic carbocycles. The van der Waals surface area contributed by atoms with Crippen LogP contribution in [0.3, 0.4) is 0 Å². The average Bonchev–Trinajstić information content (AvgIpc) is 2.56. The van der Waals surface area contributed by atoms with E-state index in [4.69, 9.17) is 9.84 Å². The van der Waals surface area contributed by atoms with Gasteiger partial charge in [0.05, 0.1) is 0 Å². The van der Waals surface area contributed by atoms with Crippen LogP contribution in [0, 0.1) is 0 Å². The third-order valence-corrected chi connectivity index (χ3v) is 4.93. The summed E-state index contributed by atoms with van der Waals surface area (Å²) in [6, 6.07) is 0. The number of ether oxygens (including phenoxy) is 1. The first-order chi connectivity index (χ1) is 12.2. The van der Waals surface area contributed by atoms with Gasteiger partial charge in [0.1, 0.15) is 6.10 Å². The zero-order valence-electron chi connectivity index (χ0n) is 15.8. The van der Waals surface area contributed by atoms with E-state index in [2.05, 4.69) is 5.32 Å². The zero-order chi connectivity index (χ0) is 18.2. The molecule has 0 spiro atoms. The van der Waals surface area contributed by atoms with Crippen molar-refractivity contribution in [2.45, 2.75) is 109 Å². The van der Waals surface area contributed by atoms with E-state index < -0.39 is 6.09 Å². The minimum Gasteiger partial charge on any atom is -0.465 e. The highest BCUT2D eigenvalue weighted by Gasteiger charge is 2.14. The van der Waals surface area contributed by atoms with Crippen molar-refractivity contribution in [3.8, 4) is 0 Å². The van der Waals surface area contributed by atoms with Crippen LogP contribution in [0.2, 0.25) is 0 Å². The van der Waals surface area contributed by atoms with Gasteiger partial charge in [0.2, 0.25) is 0 Å². The van der Waals surface area contributed by atoms with Gasteiger partial charge in [-0.15, -0.1) is 0 Å². The second-order valence-corrected chi connectivity index (χ2v) is 7.27. The zero-order valence-corrected chi connectivity index (χ0v) is 15.8. The second-order valence-electron chi connectivity index (χ2n) is 7.27. The monoisotopic (exact) mass is 355 g/mol. The largest absolute Gasteiger partial charge is 0.465 e. The third kappa shape index (κ3) is 13.7. The Bertz CT molecular complexity index is 348. The molecule has 0 heterocycles. The lowest BCUT2D eigenvalue weighted by atomic mass is 9.99. The van der Waals surface area contributed by atoms with Gasteiger partial charge in [-0.25, -0.2) is 4.79 Å². The van der Waals surface area contributed by atoms with Crippen LogP contribution in [0.1, 0.15) is 103 Å². The van der Waals surface area contributed by atoms with E-state index in [-0.39, 0.29) is 12.1 Å². The smallest absolute Gasteiger partial charge is 0.404 e. The molecule has 0 saturated heterocycles. The maximum Gasteiger partial charge on any atom is 0.404 e. The summed E-state index contributed by atoms with van der Waals surface area (Å²) in [7, 11) is 0. The Morgan fingerprint density at radius 3 is 1.88 bits per heavy atom. The molecule has 1 fully saturated rings. The molecule has 1 aliphatic rings. The van der Waals surface area contributed by atoms with Gasteiger partial charge in [-0.1, -0.05) is 57.8 Å². The van der Waals surface area contributed by atoms with Crippen LogP contribution in [0.15, 0.2) is 0 Å². The number of amides is 1. The predicted octanol–water partition coefficient (Wildman–Crippen LogP) is 5.42. The molecule has 1 amide bonds. The highest BCUT2D eigenvalue weighted by atomic mass is 16.5. The summed E-state index contributed by atoms with van der Waals surface area (Å²) in [4.78, 5) is 22.4. The number of esters is 1. The van der Waals surface area contributed by atoms with Crippen LogP contribution >= 0.6 is 0 Å². The van der Waals surface area contributed by atoms with E-state index in [1.165, 1.54) is 57.8 Å². The van der Waals surface area contributed by atoms with E-state index in [1.54, 1.807) is 0 Å². The third-order valence-electron chi connectivity index (χ3n) is 4.93. The van der Waals surface area contributed by atoms with Gasteiger partial charge in [0, 0.05) is 13.0 Å². The lowest BCUT2D eigenvalue weighted by molar-refractivity contribution is -0.150. The summed E-state index contributed by atoms with van der Waals surface area (Å²) in [6.07, 6.45) is 16.8. The number of carboxylic acid groups (broad SMARTS) is 1. The van der Waals surface area contributed by atoms with Crippen molar-refractivity contribution >= 4 is 12.1 Å². The first-order valence-corrected chi connectivity index (χ1v) is 10.3. The minimum absolute atomic E-state index is 0.0549. The van der Waals surface area contributed by atoms with Crippen LogP contribution in [0.4, 0.5) is 4.79 Å². The lowest BCUT2D eigenvalue weighted by Crippen LogP contribution is -2.21. The maximum absolute atomic E-state index is 12.1. The molecule has 5 nitrogen and oxygen atoms in total. The van der Waals surface area contributed by atoms with Gasteiger partial charge in [-0.05, 0) is 38.5 Å². The molecule has 0 atom stereocenters. The van der Waals surface area contributed by atoms with Crippen LogP contribution in [0.5, 0.6) is 0 Å². The Hall–Kier alpha value is -1.26. The summed E-state index contributed by atoms with van der Waals surface area (Å²) in [5, 5.41) is 10.8. The van der Waals surface area contributed by atoms with E-state index in [9.17, 15) is 9.59 Å². The van der Waals surface area contributed by atoms with E-state index in [0.29, 0.717) is 13.0 Å². The molecule has 1 saturated carbocycles. The van der Waals surface area contributed by atoms with Gasteiger partial charge in [-0.2, -0.15) is 0 Å². The Morgan fingerprint density at radius 1 is 0.800 bits per heavy atom. The number of carbonyl (C=O) groups excluding carboxylic acids is 1. The van der Waals surface area contributed by atoms with Crippen molar-refractivity contribution in [3.63, 3.8) is 0 Å². The Morgan fingerprint density at radius 2 is 1.32 bits per heavy atom. The SMILES string of the molecule is O=C(O)NCCCCCCC(=O)OC1CCCCCCCCCCC1. The summed E-state index contributed by atoms with van der Waals surface area (Å²) in [5.74, 6) is -0.0549. The second kappa shape index (κ2) is 15.0. The molecule has 25 heavy (non-hydrogen) atoms. The van der Waals surface area contributed by atoms with Crippen molar-refractivity contribution in [3.05, 3.63) is 0 Å². The molecular weight excluding hydrogens is 318 g/mol. The van der Waals surface area contributed by atoms with Gasteiger partial charge in [0.25, 0.3) is 0 Å². The number of carbonyl (C=O) groups is 2. The molecule has 2 N–H and O–H groups in total. The number of unbranched alkanes of at least 4 members (excludes halogenated alkanes) is 3. The molecule has 1 aliphatic carbocycles. The standard InChI is InChI=1S/C20H37NO4/c22-19(16-12-8-9-13-17-21-20(23)24)25-18-14-10-6-4-2-1-3-5-7-11-15-18/h18,21H,1-17H2,(H,23,24). The minimum atomic E-state index is -0.972. The van der Waals surface area contributed by atoms with Crippen LogP contribution in [-0.2, 0) is 9.53 Å². The Balaban J connectivity index is 2.11. The fourth-order valence-electron chi connectivity index (χ4n) is 3.43. The van der Waals surface area contributed by atoms with Crippen LogP contribution in [0.25, 0.3) is 0 Å². The normalized spacial score (nSPS) is 17.9. The highest BCUT2D eigenvalue weighted by Crippen LogP contribution is 2.19. The number of hydrogen-bond acceptors (Lipinski definition) is 3. The predicted molar refractivity (Wildman–Crippen MR) is 99.8 cm³/mol. The van der Waals surface area contributed by atoms with E-state index in [0.717, 1.165) is 38.5 Å². The molecule has 5 heteroatoms. The first-order valence-electron chi connectivity index (χ1n) is 10.3. The maximum atomic E-state index is 12.1. The fourth-order valence-corrected chi connectivity index (χ4v) is 3.43. The van der Waals surface area contributed by atoms with Gasteiger partial charge < -0.3 is 15.2 Å². The molecule has 0 aromatic heterocycles. The van der Waals surface area contributed by atoms with Crippen LogP contribution < -0.4 is 5.32 Å². The highest BCUT2D eigenvalue weighted by molar-refractivity contribution is 5.69. The summed E-state index contributed by atoms with van der Waals surface area (Å²) in [5.41, 5.74) is 0. The van der Waals surface area contributed by atoms with Crippen molar-refractivity contribution in [2.24, 2.45) is 0 Å². The molecular formula is C20H37NO4. The summed E-state index contributed by atoms with van der Waals surface area (Å²) >= 11 is 0. The van der Waals surface area contributed by atoms with Crippen molar-refractivity contribution < 1.29 is 19.4 Å². The molecule has 0 radical (unpaired) electrons. The topological polar surface area (TPSA) is 75.6 Å². The van der Waals surface area contributed by atoms with Gasteiger partial charge in [0.15, 0.2) is 0 Å². The van der Waals surface area contributed by atoms with Crippen molar-refractivity contribution in [1.29, 1.82) is 0 Å². The summed E-state index contributed by atoms with van der Waals surface area (Å²) in [6.45, 7) is 0.488. The number of hydrogen-bond donors (Lipinski definition) is 2. The van der Waals surface area contributed by atoms with Crippen LogP contribution in [-0.4, -0.2) is 29.8 Å². The van der Waals surface area contributed by atoms with E-state index in [1.807, 2.05) is 0 Å². The van der Waals surface area contributed by atoms with Gasteiger partial charge in [-0.3, -0.25) is 4.79 Å². The average molecular weight is 356 g/mol. The quantitative estimate of drug-likeness (QED) is 0.450. The number of rotatable bonds is 8. The molecule has 0 aromatic rings. The lowest BCUT2D eigenvalue weighted by Gasteiger charge is -2.18. The van der Waals surface area contributed by atoms with Gasteiger partial charge >= 0.3 is 12.1 Å². The first kappa shape index (κ1) is 21.8. The molecule has 1 rings (SSSR count). The van der Waals surface area contributed by atoms with E-state index >= 15 is 0 Å². The molecule has 0 aliphatic heterocycles.